The number of rotatable bonds is 6. The molecule has 1 aliphatic carbocycles. The van der Waals surface area contributed by atoms with Crippen molar-refractivity contribution in [3.8, 4) is 0 Å². The van der Waals surface area contributed by atoms with Crippen LogP contribution in [0.3, 0.4) is 0 Å². The molecule has 3 rings (SSSR count). The number of thiazole rings is 1. The minimum absolute atomic E-state index is 0.140. The molecule has 2 aromatic rings. The maximum atomic E-state index is 12.6. The molecule has 1 N–H and O–H groups in total. The van der Waals surface area contributed by atoms with Crippen molar-refractivity contribution in [2.75, 3.05) is 11.9 Å². The molecule has 132 valence electrons. The van der Waals surface area contributed by atoms with Crippen LogP contribution in [0.4, 0.5) is 10.5 Å². The highest BCUT2D eigenvalue weighted by molar-refractivity contribution is 7.09. The Labute approximate surface area is 150 Å². The molecule has 7 heteroatoms. The quantitative estimate of drug-likeness (QED) is 0.796. The van der Waals surface area contributed by atoms with Gasteiger partial charge in [0.1, 0.15) is 5.01 Å². The van der Waals surface area contributed by atoms with E-state index in [9.17, 15) is 9.59 Å². The van der Waals surface area contributed by atoms with Crippen LogP contribution in [0, 0.1) is 6.92 Å². The largest absolute Gasteiger partial charge is 0.461 e. The lowest BCUT2D eigenvalue weighted by Gasteiger charge is -2.21. The summed E-state index contributed by atoms with van der Waals surface area (Å²) in [4.78, 5) is 30.4. The van der Waals surface area contributed by atoms with Gasteiger partial charge >= 0.3 is 12.0 Å². The third kappa shape index (κ3) is 4.57. The van der Waals surface area contributed by atoms with Crippen molar-refractivity contribution in [2.24, 2.45) is 0 Å². The highest BCUT2D eigenvalue weighted by Gasteiger charge is 2.33. The number of nitrogens with one attached hydrogen (secondary N) is 1. The molecule has 1 fully saturated rings. The van der Waals surface area contributed by atoms with Crippen molar-refractivity contribution in [1.82, 2.24) is 9.88 Å². The predicted octanol–water partition coefficient (Wildman–Crippen LogP) is 3.82. The number of amides is 2. The Kier molecular flexibility index (Phi) is 5.33. The second-order valence-corrected chi connectivity index (χ2v) is 6.94. The van der Waals surface area contributed by atoms with Gasteiger partial charge in [-0.25, -0.2) is 14.6 Å². The molecule has 0 atom stereocenters. The Morgan fingerprint density at radius 1 is 1.32 bits per heavy atom. The van der Waals surface area contributed by atoms with E-state index < -0.39 is 5.97 Å². The van der Waals surface area contributed by atoms with Gasteiger partial charge in [-0.05, 0) is 38.8 Å². The lowest BCUT2D eigenvalue weighted by molar-refractivity contribution is 0.0520. The van der Waals surface area contributed by atoms with Crippen LogP contribution in [0.25, 0.3) is 0 Å². The molecule has 1 aromatic heterocycles. The molecule has 0 radical (unpaired) electrons. The normalized spacial score (nSPS) is 13.4. The molecule has 1 heterocycles. The Morgan fingerprint density at radius 3 is 2.68 bits per heavy atom. The number of hydrogen-bond donors (Lipinski definition) is 1. The molecule has 0 spiro atoms. The van der Waals surface area contributed by atoms with Crippen LogP contribution >= 0.6 is 11.3 Å². The number of carbonyl (C=O) groups excluding carboxylic acids is 2. The van der Waals surface area contributed by atoms with E-state index in [1.807, 2.05) is 31.2 Å². The zero-order valence-corrected chi connectivity index (χ0v) is 15.1. The summed E-state index contributed by atoms with van der Waals surface area (Å²) >= 11 is 1.37. The first kappa shape index (κ1) is 17.4. The maximum absolute atomic E-state index is 12.6. The topological polar surface area (TPSA) is 71.5 Å². The van der Waals surface area contributed by atoms with E-state index in [-0.39, 0.29) is 12.1 Å². The summed E-state index contributed by atoms with van der Waals surface area (Å²) in [6.45, 7) is 4.48. The fourth-order valence-electron chi connectivity index (χ4n) is 2.41. The Bertz CT molecular complexity index is 753. The molecule has 6 nitrogen and oxygen atoms in total. The Morgan fingerprint density at radius 2 is 2.04 bits per heavy atom. The Balaban J connectivity index is 1.66. The number of ether oxygens (including phenoxy) is 1. The van der Waals surface area contributed by atoms with E-state index in [0.29, 0.717) is 18.8 Å². The van der Waals surface area contributed by atoms with Crippen LogP contribution in [0.5, 0.6) is 0 Å². The van der Waals surface area contributed by atoms with Crippen molar-refractivity contribution in [3.63, 3.8) is 0 Å². The molecule has 0 unspecified atom stereocenters. The molecule has 0 saturated heterocycles. The minimum Gasteiger partial charge on any atom is -0.461 e. The lowest BCUT2D eigenvalue weighted by Crippen LogP contribution is -2.36. The second-order valence-electron chi connectivity index (χ2n) is 6.00. The highest BCUT2D eigenvalue weighted by atomic mass is 32.1. The van der Waals surface area contributed by atoms with E-state index in [1.165, 1.54) is 11.3 Å². The van der Waals surface area contributed by atoms with Gasteiger partial charge in [0.15, 0.2) is 5.69 Å². The summed E-state index contributed by atoms with van der Waals surface area (Å²) in [5.74, 6) is -0.424. The van der Waals surface area contributed by atoms with E-state index in [1.54, 1.807) is 17.2 Å². The van der Waals surface area contributed by atoms with Crippen LogP contribution in [-0.2, 0) is 11.3 Å². The number of hydrogen-bond acceptors (Lipinski definition) is 5. The lowest BCUT2D eigenvalue weighted by atomic mass is 10.2. The number of benzene rings is 1. The van der Waals surface area contributed by atoms with Gasteiger partial charge < -0.3 is 15.0 Å². The van der Waals surface area contributed by atoms with Crippen LogP contribution in [0.15, 0.2) is 29.6 Å². The van der Waals surface area contributed by atoms with Gasteiger partial charge in [-0.15, -0.1) is 11.3 Å². The third-order valence-electron chi connectivity index (χ3n) is 3.89. The molecule has 1 saturated carbocycles. The van der Waals surface area contributed by atoms with E-state index in [4.69, 9.17) is 4.74 Å². The maximum Gasteiger partial charge on any atom is 0.357 e. The molecule has 1 aromatic carbocycles. The van der Waals surface area contributed by atoms with Crippen molar-refractivity contribution in [2.45, 2.75) is 39.3 Å². The monoisotopic (exact) mass is 359 g/mol. The minimum atomic E-state index is -0.424. The van der Waals surface area contributed by atoms with Crippen molar-refractivity contribution in [1.29, 1.82) is 0 Å². The fourth-order valence-corrected chi connectivity index (χ4v) is 3.17. The number of urea groups is 1. The van der Waals surface area contributed by atoms with Gasteiger partial charge in [0.05, 0.1) is 13.2 Å². The van der Waals surface area contributed by atoms with Gasteiger partial charge in [0.2, 0.25) is 0 Å². The first-order valence-electron chi connectivity index (χ1n) is 8.32. The molecule has 1 aliphatic rings. The first-order valence-corrected chi connectivity index (χ1v) is 9.20. The highest BCUT2D eigenvalue weighted by Crippen LogP contribution is 2.29. The van der Waals surface area contributed by atoms with Crippen LogP contribution in [-0.4, -0.2) is 34.5 Å². The van der Waals surface area contributed by atoms with E-state index in [2.05, 4.69) is 10.3 Å². The number of carbonyl (C=O) groups is 2. The number of anilines is 1. The zero-order valence-electron chi connectivity index (χ0n) is 14.3. The fraction of sp³-hybridized carbons (Fsp3) is 0.389. The van der Waals surface area contributed by atoms with Crippen LogP contribution < -0.4 is 5.32 Å². The molecule has 2 amide bonds. The summed E-state index contributed by atoms with van der Waals surface area (Å²) in [7, 11) is 0. The van der Waals surface area contributed by atoms with Gasteiger partial charge in [0.25, 0.3) is 0 Å². The van der Waals surface area contributed by atoms with E-state index in [0.717, 1.165) is 29.1 Å². The van der Waals surface area contributed by atoms with E-state index >= 15 is 0 Å². The average molecular weight is 359 g/mol. The Hall–Kier alpha value is -2.41. The first-order chi connectivity index (χ1) is 12.1. The van der Waals surface area contributed by atoms with Crippen molar-refractivity contribution < 1.29 is 14.3 Å². The van der Waals surface area contributed by atoms with Crippen molar-refractivity contribution >= 4 is 29.0 Å². The summed E-state index contributed by atoms with van der Waals surface area (Å²) < 4.78 is 4.95. The SMILES string of the molecule is CCOC(=O)c1csc(CN(C(=O)Nc2ccc(C)cc2)C2CC2)n1. The standard InChI is InChI=1S/C18H21N3O3S/c1-3-24-17(22)15-11-25-16(20-15)10-21(14-8-9-14)18(23)19-13-6-4-12(2)5-7-13/h4-7,11,14H,3,8-10H2,1-2H3,(H,19,23). The zero-order chi connectivity index (χ0) is 17.8. The van der Waals surface area contributed by atoms with Gasteiger partial charge in [-0.2, -0.15) is 0 Å². The third-order valence-corrected chi connectivity index (χ3v) is 4.73. The van der Waals surface area contributed by atoms with Crippen LogP contribution in [0.2, 0.25) is 0 Å². The number of aromatic nitrogens is 1. The summed E-state index contributed by atoms with van der Waals surface area (Å²) in [5, 5.41) is 5.34. The summed E-state index contributed by atoms with van der Waals surface area (Å²) in [6, 6.07) is 7.80. The number of nitrogens with zero attached hydrogens (tertiary/aromatic N) is 2. The molecular formula is C18H21N3O3S. The summed E-state index contributed by atoms with van der Waals surface area (Å²) in [5.41, 5.74) is 2.22. The average Bonchev–Trinajstić information content (AvgIpc) is 3.32. The molecular weight excluding hydrogens is 338 g/mol. The number of esters is 1. The summed E-state index contributed by atoms with van der Waals surface area (Å²) in [6.07, 6.45) is 1.99. The van der Waals surface area contributed by atoms with Gasteiger partial charge in [-0.1, -0.05) is 17.7 Å². The van der Waals surface area contributed by atoms with Gasteiger partial charge in [-0.3, -0.25) is 0 Å². The van der Waals surface area contributed by atoms with Crippen LogP contribution in [0.1, 0.15) is 40.8 Å². The van der Waals surface area contributed by atoms with Crippen molar-refractivity contribution in [3.05, 3.63) is 45.9 Å². The second kappa shape index (κ2) is 7.65. The predicted molar refractivity (Wildman–Crippen MR) is 96.8 cm³/mol. The molecule has 0 aliphatic heterocycles. The molecule has 0 bridgehead atoms. The smallest absolute Gasteiger partial charge is 0.357 e. The number of aryl methyl sites for hydroxylation is 1. The van der Waals surface area contributed by atoms with Gasteiger partial charge in [0, 0.05) is 17.1 Å². The molecule has 25 heavy (non-hydrogen) atoms.